The molecule has 1 aromatic carbocycles. The number of nitrogens with zero attached hydrogens (tertiary/aromatic N) is 1. The lowest BCUT2D eigenvalue weighted by Crippen LogP contribution is -2.41. The van der Waals surface area contributed by atoms with Gasteiger partial charge >= 0.3 is 0 Å². The Labute approximate surface area is 115 Å². The van der Waals surface area contributed by atoms with Crippen molar-refractivity contribution in [2.24, 2.45) is 0 Å². The normalized spacial score (nSPS) is 21.3. The van der Waals surface area contributed by atoms with Crippen LogP contribution in [0.1, 0.15) is 24.0 Å². The van der Waals surface area contributed by atoms with Gasteiger partial charge in [0.25, 0.3) is 0 Å². The summed E-state index contributed by atoms with van der Waals surface area (Å²) >= 11 is 0. The molecule has 0 aliphatic carbocycles. The van der Waals surface area contributed by atoms with E-state index in [0.717, 1.165) is 32.8 Å². The summed E-state index contributed by atoms with van der Waals surface area (Å²) in [6.45, 7) is 6.43. The zero-order valence-electron chi connectivity index (χ0n) is 11.6. The predicted molar refractivity (Wildman–Crippen MR) is 77.3 cm³/mol. The van der Waals surface area contributed by atoms with Crippen LogP contribution in [0.2, 0.25) is 0 Å². The van der Waals surface area contributed by atoms with Crippen LogP contribution in [-0.4, -0.2) is 43.8 Å². The van der Waals surface area contributed by atoms with Crippen molar-refractivity contribution >= 4 is 0 Å². The molecule has 0 unspecified atom stereocenters. The topological polar surface area (TPSA) is 24.5 Å². The maximum Gasteiger partial charge on any atom is 0.0480 e. The van der Waals surface area contributed by atoms with Gasteiger partial charge in [0.1, 0.15) is 0 Å². The van der Waals surface area contributed by atoms with Crippen LogP contribution < -0.4 is 5.32 Å². The molecule has 2 aliphatic heterocycles. The first-order valence-corrected chi connectivity index (χ1v) is 7.52. The third-order valence-electron chi connectivity index (χ3n) is 4.29. The number of hydrogen-bond donors (Lipinski definition) is 1. The van der Waals surface area contributed by atoms with E-state index in [0.29, 0.717) is 6.04 Å². The molecule has 0 aromatic heterocycles. The number of nitrogens with one attached hydrogen (secondary N) is 1. The van der Waals surface area contributed by atoms with Crippen LogP contribution in [0.15, 0.2) is 24.3 Å². The summed E-state index contributed by atoms with van der Waals surface area (Å²) < 4.78 is 5.38. The highest BCUT2D eigenvalue weighted by atomic mass is 16.5. The third-order valence-corrected chi connectivity index (χ3v) is 4.29. The lowest BCUT2D eigenvalue weighted by atomic mass is 10.00. The van der Waals surface area contributed by atoms with Gasteiger partial charge in [0.05, 0.1) is 0 Å². The Hall–Kier alpha value is -0.900. The zero-order valence-corrected chi connectivity index (χ0v) is 11.6. The molecule has 0 atom stereocenters. The number of rotatable bonds is 4. The van der Waals surface area contributed by atoms with Crippen LogP contribution in [0.5, 0.6) is 0 Å². The second-order valence-electron chi connectivity index (χ2n) is 5.64. The lowest BCUT2D eigenvalue weighted by molar-refractivity contribution is 0.0770. The maximum atomic E-state index is 5.38. The Morgan fingerprint density at radius 2 is 1.95 bits per heavy atom. The van der Waals surface area contributed by atoms with E-state index in [1.807, 2.05) is 0 Å². The standard InChI is InChI=1S/C16H24N2O/c1-2-4-15-13-18(9-5-14(15)3-1)10-8-17-16-6-11-19-12-7-16/h1-4,16-17H,5-13H2. The Balaban J connectivity index is 1.42. The molecule has 0 bridgehead atoms. The molecule has 3 heteroatoms. The molecule has 1 fully saturated rings. The van der Waals surface area contributed by atoms with Gasteiger partial charge in [-0.1, -0.05) is 24.3 Å². The highest BCUT2D eigenvalue weighted by molar-refractivity contribution is 5.28. The van der Waals surface area contributed by atoms with Crippen LogP contribution in [-0.2, 0) is 17.7 Å². The summed E-state index contributed by atoms with van der Waals surface area (Å²) in [5, 5.41) is 3.67. The molecule has 3 rings (SSSR count). The molecule has 19 heavy (non-hydrogen) atoms. The monoisotopic (exact) mass is 260 g/mol. The fourth-order valence-electron chi connectivity index (χ4n) is 3.07. The summed E-state index contributed by atoms with van der Waals surface area (Å²) in [6.07, 6.45) is 3.54. The van der Waals surface area contributed by atoms with Gasteiger partial charge in [-0.2, -0.15) is 0 Å². The molecule has 0 spiro atoms. The van der Waals surface area contributed by atoms with Gasteiger partial charge in [0, 0.05) is 45.4 Å². The smallest absolute Gasteiger partial charge is 0.0480 e. The van der Waals surface area contributed by atoms with Crippen molar-refractivity contribution in [3.8, 4) is 0 Å². The molecule has 0 amide bonds. The van der Waals surface area contributed by atoms with Gasteiger partial charge in [-0.3, -0.25) is 4.90 Å². The Kier molecular flexibility index (Phi) is 4.49. The summed E-state index contributed by atoms with van der Waals surface area (Å²) in [7, 11) is 0. The van der Waals surface area contributed by atoms with Crippen molar-refractivity contribution in [3.05, 3.63) is 35.4 Å². The lowest BCUT2D eigenvalue weighted by Gasteiger charge is -2.30. The summed E-state index contributed by atoms with van der Waals surface area (Å²) in [5.74, 6) is 0. The van der Waals surface area contributed by atoms with E-state index < -0.39 is 0 Å². The number of hydrogen-bond acceptors (Lipinski definition) is 3. The van der Waals surface area contributed by atoms with E-state index in [9.17, 15) is 0 Å². The van der Waals surface area contributed by atoms with Crippen LogP contribution in [0.3, 0.4) is 0 Å². The highest BCUT2D eigenvalue weighted by Crippen LogP contribution is 2.17. The van der Waals surface area contributed by atoms with Crippen molar-refractivity contribution in [2.75, 3.05) is 32.8 Å². The maximum absolute atomic E-state index is 5.38. The number of ether oxygens (including phenoxy) is 1. The molecule has 0 radical (unpaired) electrons. The first-order chi connectivity index (χ1) is 9.42. The van der Waals surface area contributed by atoms with Gasteiger partial charge in [-0.05, 0) is 30.4 Å². The minimum absolute atomic E-state index is 0.672. The molecule has 2 aliphatic rings. The van der Waals surface area contributed by atoms with E-state index in [-0.39, 0.29) is 0 Å². The summed E-state index contributed by atoms with van der Waals surface area (Å²) in [5.41, 5.74) is 3.05. The molecule has 3 nitrogen and oxygen atoms in total. The quantitative estimate of drug-likeness (QED) is 0.893. The van der Waals surface area contributed by atoms with Crippen molar-refractivity contribution < 1.29 is 4.74 Å². The second-order valence-corrected chi connectivity index (χ2v) is 5.64. The minimum atomic E-state index is 0.672. The first kappa shape index (κ1) is 13.1. The van der Waals surface area contributed by atoms with Crippen LogP contribution >= 0.6 is 0 Å². The number of benzene rings is 1. The summed E-state index contributed by atoms with van der Waals surface area (Å²) in [6, 6.07) is 9.52. The largest absolute Gasteiger partial charge is 0.381 e. The first-order valence-electron chi connectivity index (χ1n) is 7.52. The van der Waals surface area contributed by atoms with Gasteiger partial charge in [-0.25, -0.2) is 0 Å². The van der Waals surface area contributed by atoms with Crippen molar-refractivity contribution in [3.63, 3.8) is 0 Å². The van der Waals surface area contributed by atoms with E-state index >= 15 is 0 Å². The third kappa shape index (κ3) is 3.56. The Bertz CT molecular complexity index is 401. The molecule has 2 heterocycles. The van der Waals surface area contributed by atoms with Crippen molar-refractivity contribution in [1.82, 2.24) is 10.2 Å². The van der Waals surface area contributed by atoms with E-state index in [1.54, 1.807) is 0 Å². The fraction of sp³-hybridized carbons (Fsp3) is 0.625. The highest BCUT2D eigenvalue weighted by Gasteiger charge is 2.16. The molecule has 1 saturated heterocycles. The molecule has 1 aromatic rings. The van der Waals surface area contributed by atoms with Gasteiger partial charge in [-0.15, -0.1) is 0 Å². The van der Waals surface area contributed by atoms with Gasteiger partial charge < -0.3 is 10.1 Å². The van der Waals surface area contributed by atoms with E-state index in [1.165, 1.54) is 36.9 Å². The molecule has 1 N–H and O–H groups in total. The summed E-state index contributed by atoms with van der Waals surface area (Å²) in [4.78, 5) is 2.56. The predicted octanol–water partition coefficient (Wildman–Crippen LogP) is 1.81. The average molecular weight is 260 g/mol. The Morgan fingerprint density at radius 3 is 2.79 bits per heavy atom. The zero-order chi connectivity index (χ0) is 12.9. The van der Waals surface area contributed by atoms with E-state index in [4.69, 9.17) is 4.74 Å². The molecule has 104 valence electrons. The second kappa shape index (κ2) is 6.51. The van der Waals surface area contributed by atoms with Crippen molar-refractivity contribution in [2.45, 2.75) is 31.8 Å². The van der Waals surface area contributed by atoms with Gasteiger partial charge in [0.15, 0.2) is 0 Å². The van der Waals surface area contributed by atoms with E-state index in [2.05, 4.69) is 34.5 Å². The average Bonchev–Trinajstić information content (AvgIpc) is 2.48. The number of fused-ring (bicyclic) bond motifs is 1. The van der Waals surface area contributed by atoms with Crippen LogP contribution in [0, 0.1) is 0 Å². The Morgan fingerprint density at radius 1 is 1.16 bits per heavy atom. The van der Waals surface area contributed by atoms with Crippen LogP contribution in [0.25, 0.3) is 0 Å². The molecule has 0 saturated carbocycles. The molecular formula is C16H24N2O. The minimum Gasteiger partial charge on any atom is -0.381 e. The van der Waals surface area contributed by atoms with Crippen LogP contribution in [0.4, 0.5) is 0 Å². The van der Waals surface area contributed by atoms with Gasteiger partial charge in [0.2, 0.25) is 0 Å². The molecular weight excluding hydrogens is 236 g/mol. The fourth-order valence-corrected chi connectivity index (χ4v) is 3.07. The van der Waals surface area contributed by atoms with Crippen molar-refractivity contribution in [1.29, 1.82) is 0 Å². The SMILES string of the molecule is c1ccc2c(c1)CCN(CCNC1CCOCC1)C2.